The first kappa shape index (κ1) is 13.2. The second kappa shape index (κ2) is 5.82. The van der Waals surface area contributed by atoms with Crippen LogP contribution >= 0.6 is 0 Å². The largest absolute Gasteiger partial charge is 0.370 e. The Balaban J connectivity index is 3.74. The zero-order chi connectivity index (χ0) is 11.2. The molecule has 0 saturated carbocycles. The Morgan fingerprint density at radius 3 is 2.50 bits per heavy atom. The fraction of sp³-hybridized carbons (Fsp3) is 0.857. The molecule has 0 aliphatic heterocycles. The van der Waals surface area contributed by atoms with Crippen molar-refractivity contribution in [3.8, 4) is 0 Å². The van der Waals surface area contributed by atoms with Crippen molar-refractivity contribution in [1.82, 2.24) is 5.32 Å². The normalized spacial score (nSPS) is 13.3. The van der Waals surface area contributed by atoms with Crippen LogP contribution in [0.2, 0.25) is 0 Å². The Morgan fingerprint density at radius 1 is 1.50 bits per heavy atom. The molecule has 0 fully saturated rings. The molecule has 0 aliphatic rings. The molecule has 0 atom stereocenters. The number of nitrogens with zero attached hydrogens (tertiary/aromatic N) is 1. The average Bonchev–Trinajstić information content (AvgIpc) is 1.98. The number of nitrogens with two attached hydrogens (primary N) is 2. The maximum absolute atomic E-state index is 10.5. The lowest BCUT2D eigenvalue weighted by atomic mass is 10.2. The molecule has 6 nitrogen and oxygen atoms in total. The fourth-order valence-electron chi connectivity index (χ4n) is 0.658. The van der Waals surface area contributed by atoms with Gasteiger partial charge < -0.3 is 11.1 Å². The first-order valence-corrected chi connectivity index (χ1v) is 6.07. The molecule has 14 heavy (non-hydrogen) atoms. The molecule has 0 aromatic heterocycles. The van der Waals surface area contributed by atoms with Crippen molar-refractivity contribution in [2.75, 3.05) is 18.8 Å². The fourth-order valence-corrected chi connectivity index (χ4v) is 1.04. The van der Waals surface area contributed by atoms with E-state index in [0.717, 1.165) is 0 Å². The van der Waals surface area contributed by atoms with Crippen LogP contribution in [0, 0.1) is 5.92 Å². The molecule has 0 radical (unpaired) electrons. The molecular formula is C7H18N4O2S. The minimum Gasteiger partial charge on any atom is -0.370 e. The Kier molecular flexibility index (Phi) is 5.47. The zero-order valence-corrected chi connectivity index (χ0v) is 9.34. The monoisotopic (exact) mass is 222 g/mol. The molecule has 0 saturated heterocycles. The van der Waals surface area contributed by atoms with Crippen molar-refractivity contribution >= 4 is 16.0 Å². The van der Waals surface area contributed by atoms with Gasteiger partial charge in [-0.2, -0.15) is 0 Å². The molecule has 7 heteroatoms. The number of rotatable bonds is 5. The maximum atomic E-state index is 10.5. The van der Waals surface area contributed by atoms with E-state index in [0.29, 0.717) is 12.5 Å². The van der Waals surface area contributed by atoms with Crippen molar-refractivity contribution in [2.24, 2.45) is 21.8 Å². The van der Waals surface area contributed by atoms with Crippen molar-refractivity contribution in [3.05, 3.63) is 0 Å². The van der Waals surface area contributed by atoms with Crippen molar-refractivity contribution in [1.29, 1.82) is 0 Å². The van der Waals surface area contributed by atoms with Gasteiger partial charge in [-0.05, 0) is 5.92 Å². The van der Waals surface area contributed by atoms with Gasteiger partial charge in [0.25, 0.3) is 0 Å². The van der Waals surface area contributed by atoms with Gasteiger partial charge in [-0.25, -0.2) is 13.6 Å². The van der Waals surface area contributed by atoms with E-state index in [1.165, 1.54) is 0 Å². The number of aliphatic imine (C=N–C) groups is 1. The first-order chi connectivity index (χ1) is 6.31. The van der Waals surface area contributed by atoms with E-state index in [1.54, 1.807) is 0 Å². The highest BCUT2D eigenvalue weighted by Gasteiger charge is 2.01. The first-order valence-electron chi connectivity index (χ1n) is 4.35. The van der Waals surface area contributed by atoms with Gasteiger partial charge >= 0.3 is 0 Å². The van der Waals surface area contributed by atoms with Crippen LogP contribution in [0.3, 0.4) is 0 Å². The lowest BCUT2D eigenvalue weighted by Crippen LogP contribution is -2.36. The molecule has 0 heterocycles. The number of guanidine groups is 1. The van der Waals surface area contributed by atoms with Crippen molar-refractivity contribution in [3.63, 3.8) is 0 Å². The van der Waals surface area contributed by atoms with Crippen molar-refractivity contribution < 1.29 is 8.42 Å². The summed E-state index contributed by atoms with van der Waals surface area (Å²) >= 11 is 0. The number of hydrogen-bond donors (Lipinski definition) is 3. The van der Waals surface area contributed by atoms with Gasteiger partial charge in [0, 0.05) is 13.1 Å². The minimum absolute atomic E-state index is 0.148. The van der Waals surface area contributed by atoms with Gasteiger partial charge in [-0.3, -0.25) is 4.99 Å². The second-order valence-corrected chi connectivity index (χ2v) is 5.15. The predicted molar refractivity (Wildman–Crippen MR) is 57.3 cm³/mol. The Hall–Kier alpha value is -0.820. The SMILES string of the molecule is CC(C)CN=C(N)NCCS(N)(=O)=O. The van der Waals surface area contributed by atoms with Crippen LogP contribution < -0.4 is 16.2 Å². The second-order valence-electron chi connectivity index (χ2n) is 3.41. The van der Waals surface area contributed by atoms with Crippen LogP contribution in [-0.2, 0) is 10.0 Å². The summed E-state index contributed by atoms with van der Waals surface area (Å²) in [6.45, 7) is 4.84. The van der Waals surface area contributed by atoms with Gasteiger partial charge in [0.05, 0.1) is 5.75 Å². The zero-order valence-electron chi connectivity index (χ0n) is 8.53. The van der Waals surface area contributed by atoms with Crippen LogP contribution in [0.15, 0.2) is 4.99 Å². The average molecular weight is 222 g/mol. The molecule has 0 aromatic carbocycles. The van der Waals surface area contributed by atoms with Crippen LogP contribution in [-0.4, -0.2) is 33.2 Å². The molecular weight excluding hydrogens is 204 g/mol. The van der Waals surface area contributed by atoms with E-state index in [2.05, 4.69) is 10.3 Å². The van der Waals surface area contributed by atoms with Crippen LogP contribution in [0.4, 0.5) is 0 Å². The third-order valence-corrected chi connectivity index (χ3v) is 2.09. The van der Waals surface area contributed by atoms with Crippen LogP contribution in [0.25, 0.3) is 0 Å². The van der Waals surface area contributed by atoms with Crippen molar-refractivity contribution in [2.45, 2.75) is 13.8 Å². The van der Waals surface area contributed by atoms with Gasteiger partial charge in [0.1, 0.15) is 0 Å². The molecule has 0 bridgehead atoms. The molecule has 0 unspecified atom stereocenters. The van der Waals surface area contributed by atoms with Crippen LogP contribution in [0.1, 0.15) is 13.8 Å². The molecule has 0 amide bonds. The summed E-state index contributed by atoms with van der Waals surface area (Å²) in [6, 6.07) is 0. The maximum Gasteiger partial charge on any atom is 0.210 e. The molecule has 5 N–H and O–H groups in total. The summed E-state index contributed by atoms with van der Waals surface area (Å²) < 4.78 is 21.1. The summed E-state index contributed by atoms with van der Waals surface area (Å²) in [5.41, 5.74) is 5.45. The van der Waals surface area contributed by atoms with E-state index in [-0.39, 0.29) is 18.3 Å². The third kappa shape index (κ3) is 9.27. The summed E-state index contributed by atoms with van der Waals surface area (Å²) in [5, 5.41) is 7.46. The number of nitrogens with one attached hydrogen (secondary N) is 1. The molecule has 0 aromatic rings. The summed E-state index contributed by atoms with van der Waals surface area (Å²) in [7, 11) is -3.42. The number of hydrogen-bond acceptors (Lipinski definition) is 3. The topological polar surface area (TPSA) is 111 Å². The Bertz CT molecular complexity index is 284. The van der Waals surface area contributed by atoms with E-state index in [1.807, 2.05) is 13.8 Å². The Labute approximate surface area is 84.8 Å². The minimum atomic E-state index is -3.42. The molecule has 84 valence electrons. The highest BCUT2D eigenvalue weighted by Crippen LogP contribution is 1.90. The summed E-state index contributed by atoms with van der Waals surface area (Å²) in [4.78, 5) is 3.99. The number of primary sulfonamides is 1. The van der Waals surface area contributed by atoms with Gasteiger partial charge in [-0.1, -0.05) is 13.8 Å². The molecule has 0 rings (SSSR count). The lowest BCUT2D eigenvalue weighted by molar-refractivity contribution is 0.596. The standard InChI is InChI=1S/C7H18N4O2S/c1-6(2)5-11-7(8)10-3-4-14(9,12)13/h6H,3-5H2,1-2H3,(H3,8,10,11)(H2,9,12,13). The lowest BCUT2D eigenvalue weighted by Gasteiger charge is -2.05. The smallest absolute Gasteiger partial charge is 0.210 e. The van der Waals surface area contributed by atoms with Gasteiger partial charge in [0.15, 0.2) is 5.96 Å². The Morgan fingerprint density at radius 2 is 2.07 bits per heavy atom. The highest BCUT2D eigenvalue weighted by molar-refractivity contribution is 7.89. The summed E-state index contributed by atoms with van der Waals surface area (Å²) in [6.07, 6.45) is 0. The van der Waals surface area contributed by atoms with Gasteiger partial charge in [0.2, 0.25) is 10.0 Å². The van der Waals surface area contributed by atoms with E-state index in [4.69, 9.17) is 10.9 Å². The summed E-state index contributed by atoms with van der Waals surface area (Å²) in [5.74, 6) is 0.529. The quantitative estimate of drug-likeness (QED) is 0.402. The molecule has 0 spiro atoms. The van der Waals surface area contributed by atoms with Gasteiger partial charge in [-0.15, -0.1) is 0 Å². The van der Waals surface area contributed by atoms with E-state index >= 15 is 0 Å². The third-order valence-electron chi connectivity index (χ3n) is 1.32. The number of sulfonamides is 1. The molecule has 0 aliphatic carbocycles. The highest BCUT2D eigenvalue weighted by atomic mass is 32.2. The van der Waals surface area contributed by atoms with E-state index < -0.39 is 10.0 Å². The van der Waals surface area contributed by atoms with Crippen LogP contribution in [0.5, 0.6) is 0 Å². The van der Waals surface area contributed by atoms with E-state index in [9.17, 15) is 8.42 Å². The predicted octanol–water partition coefficient (Wildman–Crippen LogP) is -1.16.